The second kappa shape index (κ2) is 8.21. The Hall–Kier alpha value is -3.70. The van der Waals surface area contributed by atoms with Crippen LogP contribution in [0.2, 0.25) is 0 Å². The molecule has 4 rings (SSSR count). The summed E-state index contributed by atoms with van der Waals surface area (Å²) in [5.74, 6) is -6.86. The van der Waals surface area contributed by atoms with E-state index in [9.17, 15) is 34.8 Å². The number of fused-ring (bicyclic) bond motifs is 3. The first-order valence-corrected chi connectivity index (χ1v) is 11.0. The van der Waals surface area contributed by atoms with Crippen LogP contribution < -0.4 is 5.73 Å². The van der Waals surface area contributed by atoms with E-state index < -0.39 is 58.0 Å². The minimum atomic E-state index is -2.66. The van der Waals surface area contributed by atoms with E-state index in [1.54, 1.807) is 27.1 Å². The molecular formula is C24H27N3O8. The molecule has 4 atom stereocenters. The van der Waals surface area contributed by atoms with E-state index in [2.05, 4.69) is 5.16 Å². The highest BCUT2D eigenvalue weighted by Gasteiger charge is 2.64. The number of amides is 1. The molecule has 0 spiro atoms. The molecule has 186 valence electrons. The van der Waals surface area contributed by atoms with E-state index in [0.717, 1.165) is 0 Å². The number of oxime groups is 1. The number of rotatable bonds is 4. The van der Waals surface area contributed by atoms with Gasteiger partial charge in [0.05, 0.1) is 17.3 Å². The topological polar surface area (TPSA) is 183 Å². The Kier molecular flexibility index (Phi) is 5.73. The third kappa shape index (κ3) is 3.26. The van der Waals surface area contributed by atoms with Gasteiger partial charge in [-0.3, -0.25) is 19.3 Å². The van der Waals surface area contributed by atoms with Crippen molar-refractivity contribution in [1.82, 2.24) is 4.90 Å². The highest BCUT2D eigenvalue weighted by Crippen LogP contribution is 2.52. The molecule has 1 saturated carbocycles. The summed E-state index contributed by atoms with van der Waals surface area (Å²) in [5.41, 5.74) is 3.19. The SMILES string of the molecule is CO/N=C(/C)c1ccc(O)c2c1C[C@@H]1C[C@H]3C(N(C)C)C(=O)C(C(N)=O)=C(O)[C@@]3(O)C(=O)C1=C2O. The Balaban J connectivity index is 1.98. The second-order valence-electron chi connectivity index (χ2n) is 9.31. The van der Waals surface area contributed by atoms with Crippen LogP contribution in [0.3, 0.4) is 0 Å². The summed E-state index contributed by atoms with van der Waals surface area (Å²) in [7, 11) is 4.48. The number of primary amides is 1. The Morgan fingerprint density at radius 2 is 1.89 bits per heavy atom. The first-order chi connectivity index (χ1) is 16.4. The average molecular weight is 485 g/mol. The van der Waals surface area contributed by atoms with Crippen molar-refractivity contribution in [2.75, 3.05) is 21.2 Å². The number of carbonyl (C=O) groups excluding carboxylic acids is 3. The summed E-state index contributed by atoms with van der Waals surface area (Å²) in [6.45, 7) is 1.69. The Bertz CT molecular complexity index is 1260. The van der Waals surface area contributed by atoms with Crippen molar-refractivity contribution in [2.45, 2.75) is 31.4 Å². The van der Waals surface area contributed by atoms with Crippen LogP contribution in [0.4, 0.5) is 0 Å². The van der Waals surface area contributed by atoms with Gasteiger partial charge in [-0.1, -0.05) is 5.16 Å². The zero-order chi connectivity index (χ0) is 26.0. The number of carbonyl (C=O) groups is 3. The highest BCUT2D eigenvalue weighted by molar-refractivity contribution is 6.24. The number of likely N-dealkylation sites (N-methyl/N-ethyl adjacent to an activating group) is 1. The molecule has 0 saturated heterocycles. The summed E-state index contributed by atoms with van der Waals surface area (Å²) in [6, 6.07) is 1.83. The first-order valence-electron chi connectivity index (χ1n) is 11.0. The molecule has 1 aromatic carbocycles. The van der Waals surface area contributed by atoms with Crippen molar-refractivity contribution < 1.29 is 39.6 Å². The van der Waals surface area contributed by atoms with E-state index in [0.29, 0.717) is 16.8 Å². The van der Waals surface area contributed by atoms with E-state index >= 15 is 0 Å². The summed E-state index contributed by atoms with van der Waals surface area (Å²) in [5, 5.41) is 48.1. The summed E-state index contributed by atoms with van der Waals surface area (Å²) >= 11 is 0. The fourth-order valence-corrected chi connectivity index (χ4v) is 5.77. The van der Waals surface area contributed by atoms with Gasteiger partial charge >= 0.3 is 0 Å². The molecule has 11 nitrogen and oxygen atoms in total. The predicted octanol–water partition coefficient (Wildman–Crippen LogP) is 0.334. The summed E-state index contributed by atoms with van der Waals surface area (Å²) in [6.07, 6.45) is 0.191. The molecule has 1 amide bonds. The molecular weight excluding hydrogens is 458 g/mol. The second-order valence-corrected chi connectivity index (χ2v) is 9.31. The number of phenolic OH excluding ortho intramolecular Hbond substituents is 1. The Labute approximate surface area is 200 Å². The number of aliphatic hydroxyl groups is 3. The van der Waals surface area contributed by atoms with Crippen LogP contribution in [0, 0.1) is 11.8 Å². The molecule has 0 heterocycles. The molecule has 0 radical (unpaired) electrons. The zero-order valence-corrected chi connectivity index (χ0v) is 19.7. The van der Waals surface area contributed by atoms with Gasteiger partial charge in [-0.2, -0.15) is 0 Å². The van der Waals surface area contributed by atoms with Crippen LogP contribution in [0.5, 0.6) is 5.75 Å². The summed E-state index contributed by atoms with van der Waals surface area (Å²) < 4.78 is 0. The lowest BCUT2D eigenvalue weighted by atomic mass is 9.57. The van der Waals surface area contributed by atoms with Gasteiger partial charge in [-0.15, -0.1) is 0 Å². The number of ketones is 2. The number of nitrogens with zero attached hydrogens (tertiary/aromatic N) is 2. The number of aromatic hydroxyl groups is 1. The van der Waals surface area contributed by atoms with Gasteiger partial charge in [0, 0.05) is 17.1 Å². The van der Waals surface area contributed by atoms with E-state index in [4.69, 9.17) is 10.6 Å². The lowest BCUT2D eigenvalue weighted by Gasteiger charge is -2.50. The average Bonchev–Trinajstić information content (AvgIpc) is 2.76. The van der Waals surface area contributed by atoms with Crippen molar-refractivity contribution in [3.63, 3.8) is 0 Å². The molecule has 11 heteroatoms. The van der Waals surface area contributed by atoms with E-state index in [-0.39, 0.29) is 29.7 Å². The molecule has 6 N–H and O–H groups in total. The maximum atomic E-state index is 13.8. The zero-order valence-electron chi connectivity index (χ0n) is 19.7. The molecule has 35 heavy (non-hydrogen) atoms. The highest BCUT2D eigenvalue weighted by atomic mass is 16.6. The van der Waals surface area contributed by atoms with Crippen molar-refractivity contribution in [3.05, 3.63) is 45.7 Å². The van der Waals surface area contributed by atoms with Gasteiger partial charge in [-0.05, 0) is 57.5 Å². The lowest BCUT2D eigenvalue weighted by Crippen LogP contribution is -2.65. The van der Waals surface area contributed by atoms with Gasteiger partial charge in [0.2, 0.25) is 5.78 Å². The maximum Gasteiger partial charge on any atom is 0.255 e. The van der Waals surface area contributed by atoms with Gasteiger partial charge in [0.15, 0.2) is 11.4 Å². The minimum absolute atomic E-state index is 0.00411. The fourth-order valence-electron chi connectivity index (χ4n) is 5.77. The van der Waals surface area contributed by atoms with Crippen molar-refractivity contribution >= 4 is 28.9 Å². The molecule has 3 aliphatic carbocycles. The van der Waals surface area contributed by atoms with Crippen LogP contribution in [-0.4, -0.2) is 81.4 Å². The molecule has 0 bridgehead atoms. The van der Waals surface area contributed by atoms with Crippen LogP contribution in [0.15, 0.2) is 34.2 Å². The third-order valence-electron chi connectivity index (χ3n) is 7.22. The van der Waals surface area contributed by atoms with Crippen LogP contribution in [-0.2, 0) is 25.6 Å². The standard InChI is InChI=1S/C24H27N3O8/c1-9(26-35-4)11-5-6-14(28)16-12(11)7-10-8-13-18(27(2)3)20(30)17(23(25)33)22(32)24(13,34)21(31)15(10)19(16)29/h5-6,10,13,18,28-29,32,34H,7-8H2,1-4H3,(H2,25,33)/b26-9-/t10-,13+,18?,24+/m1/s1. The number of phenols is 1. The minimum Gasteiger partial charge on any atom is -0.508 e. The Morgan fingerprint density at radius 1 is 1.23 bits per heavy atom. The maximum absolute atomic E-state index is 13.8. The third-order valence-corrected chi connectivity index (χ3v) is 7.22. The van der Waals surface area contributed by atoms with Crippen LogP contribution in [0.25, 0.3) is 5.76 Å². The number of nitrogens with two attached hydrogens (primary N) is 1. The van der Waals surface area contributed by atoms with Gasteiger partial charge in [-0.25, -0.2) is 0 Å². The van der Waals surface area contributed by atoms with Crippen molar-refractivity contribution in [3.8, 4) is 5.75 Å². The number of hydrogen-bond acceptors (Lipinski definition) is 10. The van der Waals surface area contributed by atoms with Crippen LogP contribution >= 0.6 is 0 Å². The normalized spacial score (nSPS) is 28.6. The molecule has 1 fully saturated rings. The number of hydrogen-bond donors (Lipinski definition) is 5. The largest absolute Gasteiger partial charge is 0.508 e. The summed E-state index contributed by atoms with van der Waals surface area (Å²) in [4.78, 5) is 45.2. The quantitative estimate of drug-likeness (QED) is 0.228. The predicted molar refractivity (Wildman–Crippen MR) is 123 cm³/mol. The Morgan fingerprint density at radius 3 is 2.46 bits per heavy atom. The number of Topliss-reactive ketones (excluding diaryl/α,β-unsaturated/α-hetero) is 2. The number of benzene rings is 1. The molecule has 1 unspecified atom stereocenters. The molecule has 0 aliphatic heterocycles. The molecule has 1 aromatic rings. The number of aliphatic hydroxyl groups excluding tert-OH is 2. The van der Waals surface area contributed by atoms with Crippen molar-refractivity contribution in [2.24, 2.45) is 22.7 Å². The first kappa shape index (κ1) is 24.4. The van der Waals surface area contributed by atoms with Gasteiger partial charge in [0.1, 0.15) is 30.0 Å². The van der Waals surface area contributed by atoms with Gasteiger partial charge < -0.3 is 31.0 Å². The smallest absolute Gasteiger partial charge is 0.255 e. The van der Waals surface area contributed by atoms with E-state index in [1.165, 1.54) is 18.1 Å². The lowest BCUT2D eigenvalue weighted by molar-refractivity contribution is -0.153. The van der Waals surface area contributed by atoms with Crippen LogP contribution in [0.1, 0.15) is 30.0 Å². The van der Waals surface area contributed by atoms with Gasteiger partial charge in [0.25, 0.3) is 5.91 Å². The fraction of sp³-hybridized carbons (Fsp3) is 0.417. The monoisotopic (exact) mass is 485 g/mol. The molecule has 3 aliphatic rings. The van der Waals surface area contributed by atoms with Crippen molar-refractivity contribution in [1.29, 1.82) is 0 Å². The van der Waals surface area contributed by atoms with E-state index in [1.807, 2.05) is 0 Å². The molecule has 0 aromatic heterocycles.